The van der Waals surface area contributed by atoms with E-state index in [1.807, 2.05) is 65.8 Å². The summed E-state index contributed by atoms with van der Waals surface area (Å²) < 4.78 is 12.4. The fourth-order valence-electron chi connectivity index (χ4n) is 3.61. The highest BCUT2D eigenvalue weighted by Crippen LogP contribution is 2.23. The van der Waals surface area contributed by atoms with Crippen molar-refractivity contribution in [1.82, 2.24) is 19.6 Å². The Balaban J connectivity index is 1.75. The van der Waals surface area contributed by atoms with E-state index < -0.39 is 17.3 Å². The van der Waals surface area contributed by atoms with Crippen LogP contribution in [0.5, 0.6) is 0 Å². The lowest BCUT2D eigenvalue weighted by Gasteiger charge is -2.39. The zero-order valence-corrected chi connectivity index (χ0v) is 19.6. The molecular formula is C23H34N4O4. The number of piperazine rings is 1. The molecule has 8 nitrogen and oxygen atoms in total. The second kappa shape index (κ2) is 8.49. The fraction of sp³-hybridized carbons (Fsp3) is 0.609. The summed E-state index contributed by atoms with van der Waals surface area (Å²) in [6.45, 7) is 15.7. The van der Waals surface area contributed by atoms with Crippen molar-refractivity contribution in [3.8, 4) is 0 Å². The van der Waals surface area contributed by atoms with Gasteiger partial charge in [-0.1, -0.05) is 18.2 Å². The van der Waals surface area contributed by atoms with Crippen LogP contribution in [0.1, 0.15) is 54.2 Å². The molecule has 1 aliphatic rings. The number of rotatable bonds is 2. The van der Waals surface area contributed by atoms with Crippen LogP contribution in [0.3, 0.4) is 0 Å². The van der Waals surface area contributed by atoms with Gasteiger partial charge in [0.1, 0.15) is 11.2 Å². The van der Waals surface area contributed by atoms with Gasteiger partial charge in [0.15, 0.2) is 0 Å². The number of carbonyl (C=O) groups excluding carboxylic acids is 2. The van der Waals surface area contributed by atoms with Gasteiger partial charge in [0.25, 0.3) is 0 Å². The molecule has 31 heavy (non-hydrogen) atoms. The van der Waals surface area contributed by atoms with Crippen LogP contribution in [0, 0.1) is 0 Å². The number of amides is 1. The van der Waals surface area contributed by atoms with Gasteiger partial charge in [-0.3, -0.25) is 4.90 Å². The minimum Gasteiger partial charge on any atom is -0.444 e. The Morgan fingerprint density at radius 1 is 1.00 bits per heavy atom. The Kier molecular flexibility index (Phi) is 6.32. The average Bonchev–Trinajstić information content (AvgIpc) is 2.99. The molecule has 0 spiro atoms. The summed E-state index contributed by atoms with van der Waals surface area (Å²) in [6, 6.07) is 7.81. The molecule has 2 heterocycles. The molecule has 1 aromatic heterocycles. The first kappa shape index (κ1) is 23.1. The molecule has 1 fully saturated rings. The molecule has 1 saturated heterocycles. The number of ether oxygens (including phenoxy) is 2. The van der Waals surface area contributed by atoms with E-state index in [1.54, 1.807) is 4.90 Å². The van der Waals surface area contributed by atoms with E-state index in [0.29, 0.717) is 26.2 Å². The summed E-state index contributed by atoms with van der Waals surface area (Å²) in [5, 5.41) is 5.53. The molecule has 2 aromatic rings. The molecule has 1 atom stereocenters. The first-order valence-corrected chi connectivity index (χ1v) is 10.8. The molecule has 1 aliphatic heterocycles. The van der Waals surface area contributed by atoms with Crippen molar-refractivity contribution >= 4 is 23.1 Å². The van der Waals surface area contributed by atoms with E-state index >= 15 is 0 Å². The van der Waals surface area contributed by atoms with E-state index in [9.17, 15) is 9.59 Å². The van der Waals surface area contributed by atoms with Gasteiger partial charge in [0.2, 0.25) is 0 Å². The lowest BCUT2D eigenvalue weighted by Crippen LogP contribution is -2.54. The SMILES string of the molecule is C[C@H]1CN(C(=O)OC(C)(C)C)CCN1Cc1nn(C(=O)OC(C)(C)C)c2ccccc12. The van der Waals surface area contributed by atoms with Crippen LogP contribution in [0.4, 0.5) is 9.59 Å². The predicted octanol–water partition coefficient (Wildman–Crippen LogP) is 4.26. The zero-order valence-electron chi connectivity index (χ0n) is 19.6. The summed E-state index contributed by atoms with van der Waals surface area (Å²) in [7, 11) is 0. The van der Waals surface area contributed by atoms with Crippen molar-refractivity contribution in [2.24, 2.45) is 0 Å². The minimum absolute atomic E-state index is 0.131. The molecule has 3 rings (SSSR count). The maximum atomic E-state index is 12.7. The van der Waals surface area contributed by atoms with Crippen molar-refractivity contribution in [2.45, 2.75) is 72.3 Å². The Morgan fingerprint density at radius 3 is 2.23 bits per heavy atom. The normalized spacial score (nSPS) is 18.3. The fourth-order valence-corrected chi connectivity index (χ4v) is 3.61. The quantitative estimate of drug-likeness (QED) is 0.708. The Hall–Kier alpha value is -2.61. The molecule has 0 radical (unpaired) electrons. The number of nitrogens with zero attached hydrogens (tertiary/aromatic N) is 4. The van der Waals surface area contributed by atoms with Crippen molar-refractivity contribution in [3.05, 3.63) is 30.0 Å². The summed E-state index contributed by atoms with van der Waals surface area (Å²) in [5.74, 6) is 0. The maximum absolute atomic E-state index is 12.7. The zero-order chi connectivity index (χ0) is 23.0. The van der Waals surface area contributed by atoms with Crippen LogP contribution < -0.4 is 0 Å². The van der Waals surface area contributed by atoms with Crippen LogP contribution >= 0.6 is 0 Å². The average molecular weight is 431 g/mol. The highest BCUT2D eigenvalue weighted by Gasteiger charge is 2.31. The first-order chi connectivity index (χ1) is 14.3. The molecular weight excluding hydrogens is 396 g/mol. The van der Waals surface area contributed by atoms with E-state index in [-0.39, 0.29) is 12.1 Å². The lowest BCUT2D eigenvalue weighted by atomic mass is 10.1. The van der Waals surface area contributed by atoms with Crippen LogP contribution in [-0.2, 0) is 16.0 Å². The highest BCUT2D eigenvalue weighted by atomic mass is 16.6. The van der Waals surface area contributed by atoms with Gasteiger partial charge in [-0.15, -0.1) is 0 Å². The summed E-state index contributed by atoms with van der Waals surface area (Å²) >= 11 is 0. The molecule has 0 saturated carbocycles. The molecule has 1 amide bonds. The third-order valence-corrected chi connectivity index (χ3v) is 5.00. The molecule has 0 unspecified atom stereocenters. The largest absolute Gasteiger partial charge is 0.444 e. The number of benzene rings is 1. The van der Waals surface area contributed by atoms with Gasteiger partial charge in [-0.05, 0) is 54.5 Å². The van der Waals surface area contributed by atoms with E-state index in [1.165, 1.54) is 4.68 Å². The van der Waals surface area contributed by atoms with Crippen LogP contribution in [0.15, 0.2) is 24.3 Å². The van der Waals surface area contributed by atoms with Crippen molar-refractivity contribution < 1.29 is 19.1 Å². The van der Waals surface area contributed by atoms with Crippen molar-refractivity contribution in [2.75, 3.05) is 19.6 Å². The summed E-state index contributed by atoms with van der Waals surface area (Å²) in [4.78, 5) is 29.1. The Labute approximate surface area is 184 Å². The molecule has 1 aromatic carbocycles. The van der Waals surface area contributed by atoms with E-state index in [2.05, 4.69) is 16.9 Å². The number of carbonyl (C=O) groups is 2. The van der Waals surface area contributed by atoms with E-state index in [4.69, 9.17) is 9.47 Å². The first-order valence-electron chi connectivity index (χ1n) is 10.8. The lowest BCUT2D eigenvalue weighted by molar-refractivity contribution is 0.00438. The summed E-state index contributed by atoms with van der Waals surface area (Å²) in [5.41, 5.74) is 0.438. The van der Waals surface area contributed by atoms with Crippen molar-refractivity contribution in [1.29, 1.82) is 0 Å². The maximum Gasteiger partial charge on any atom is 0.435 e. The van der Waals surface area contributed by atoms with Crippen LogP contribution in [0.2, 0.25) is 0 Å². The smallest absolute Gasteiger partial charge is 0.435 e. The van der Waals surface area contributed by atoms with Gasteiger partial charge >= 0.3 is 12.2 Å². The Bertz CT molecular complexity index is 955. The third kappa shape index (κ3) is 5.76. The van der Waals surface area contributed by atoms with Gasteiger partial charge in [0, 0.05) is 37.6 Å². The molecule has 8 heteroatoms. The van der Waals surface area contributed by atoms with Gasteiger partial charge < -0.3 is 14.4 Å². The van der Waals surface area contributed by atoms with Crippen molar-refractivity contribution in [3.63, 3.8) is 0 Å². The predicted molar refractivity (Wildman–Crippen MR) is 119 cm³/mol. The second-order valence-corrected chi connectivity index (χ2v) is 10.1. The standard InChI is InChI=1S/C23H34N4O4/c1-16-14-26(20(28)30-22(2,3)4)13-12-25(16)15-18-17-10-8-9-11-19(17)27(24-18)21(29)31-23(5,6)7/h8-11,16H,12-15H2,1-7H3/t16-/m0/s1. The van der Waals surface area contributed by atoms with Crippen LogP contribution in [-0.4, -0.2) is 68.6 Å². The van der Waals surface area contributed by atoms with Crippen LogP contribution in [0.25, 0.3) is 10.9 Å². The topological polar surface area (TPSA) is 76.9 Å². The molecule has 0 bridgehead atoms. The molecule has 0 aliphatic carbocycles. The number of hydrogen-bond acceptors (Lipinski definition) is 6. The highest BCUT2D eigenvalue weighted by molar-refractivity contribution is 5.89. The van der Waals surface area contributed by atoms with Gasteiger partial charge in [0.05, 0.1) is 11.2 Å². The third-order valence-electron chi connectivity index (χ3n) is 5.00. The number of para-hydroxylation sites is 1. The number of aromatic nitrogens is 2. The number of hydrogen-bond donors (Lipinski definition) is 0. The second-order valence-electron chi connectivity index (χ2n) is 10.1. The minimum atomic E-state index is -0.600. The van der Waals surface area contributed by atoms with Gasteiger partial charge in [-0.25, -0.2) is 9.59 Å². The molecule has 0 N–H and O–H groups in total. The van der Waals surface area contributed by atoms with Gasteiger partial charge in [-0.2, -0.15) is 9.78 Å². The number of fused-ring (bicyclic) bond motifs is 1. The summed E-state index contributed by atoms with van der Waals surface area (Å²) in [6.07, 6.45) is -0.767. The monoisotopic (exact) mass is 430 g/mol. The van der Waals surface area contributed by atoms with E-state index in [0.717, 1.165) is 16.6 Å². The Morgan fingerprint density at radius 2 is 1.61 bits per heavy atom. The molecule has 170 valence electrons.